The Bertz CT molecular complexity index is 1370. The predicted molar refractivity (Wildman–Crippen MR) is 135 cm³/mol. The van der Waals surface area contributed by atoms with Gasteiger partial charge >= 0.3 is 5.69 Å². The van der Waals surface area contributed by atoms with E-state index >= 15 is 0 Å². The van der Waals surface area contributed by atoms with Crippen molar-refractivity contribution in [3.63, 3.8) is 0 Å². The van der Waals surface area contributed by atoms with E-state index in [1.165, 1.54) is 0 Å². The average molecular weight is 469 g/mol. The van der Waals surface area contributed by atoms with Crippen LogP contribution >= 0.6 is 0 Å². The molecule has 7 heteroatoms. The van der Waals surface area contributed by atoms with Gasteiger partial charge in [0, 0.05) is 24.7 Å². The fourth-order valence-electron chi connectivity index (χ4n) is 4.88. The number of carbonyl (C=O) groups is 2. The Kier molecular flexibility index (Phi) is 6.48. The molecule has 1 aliphatic heterocycles. The van der Waals surface area contributed by atoms with Crippen molar-refractivity contribution >= 4 is 22.8 Å². The number of carbonyl (C=O) groups excluding carboxylic acids is 2. The molecule has 0 bridgehead atoms. The van der Waals surface area contributed by atoms with Gasteiger partial charge in [-0.15, -0.1) is 0 Å². The molecular formula is C28H28N4O3. The van der Waals surface area contributed by atoms with Gasteiger partial charge in [0.1, 0.15) is 0 Å². The molecule has 7 nitrogen and oxygen atoms in total. The summed E-state index contributed by atoms with van der Waals surface area (Å²) in [5.74, 6) is -0.207. The smallest absolute Gasteiger partial charge is 0.326 e. The number of aromatic nitrogens is 2. The fraction of sp³-hybridized carbons (Fsp3) is 0.250. The van der Waals surface area contributed by atoms with Crippen molar-refractivity contribution in [2.45, 2.75) is 31.3 Å². The largest absolute Gasteiger partial charge is 0.345 e. The molecule has 2 amide bonds. The number of hydrogen-bond donors (Lipinski definition) is 2. The molecule has 5 rings (SSSR count). The van der Waals surface area contributed by atoms with E-state index in [1.807, 2.05) is 82.3 Å². The van der Waals surface area contributed by atoms with Crippen LogP contribution in [0.25, 0.3) is 11.0 Å². The third-order valence-electron chi connectivity index (χ3n) is 6.73. The molecule has 3 aromatic carbocycles. The molecule has 0 spiro atoms. The lowest BCUT2D eigenvalue weighted by atomic mass is 10.00. The minimum atomic E-state index is -0.426. The molecule has 2 N–H and O–H groups in total. The number of amides is 2. The second-order valence-corrected chi connectivity index (χ2v) is 8.94. The van der Waals surface area contributed by atoms with E-state index in [0.29, 0.717) is 31.5 Å². The van der Waals surface area contributed by atoms with Crippen molar-refractivity contribution < 1.29 is 9.59 Å². The summed E-state index contributed by atoms with van der Waals surface area (Å²) in [6.07, 6.45) is 1.60. The molecule has 1 atom stereocenters. The minimum absolute atomic E-state index is 0.00283. The van der Waals surface area contributed by atoms with E-state index in [4.69, 9.17) is 0 Å². The minimum Gasteiger partial charge on any atom is -0.345 e. The van der Waals surface area contributed by atoms with Gasteiger partial charge < -0.3 is 15.2 Å². The van der Waals surface area contributed by atoms with Crippen LogP contribution in [0.15, 0.2) is 89.7 Å². The van der Waals surface area contributed by atoms with Gasteiger partial charge in [-0.25, -0.2) is 4.79 Å². The van der Waals surface area contributed by atoms with Gasteiger partial charge in [-0.2, -0.15) is 0 Å². The van der Waals surface area contributed by atoms with Crippen LogP contribution in [-0.4, -0.2) is 39.4 Å². The number of hydrogen-bond acceptors (Lipinski definition) is 3. The first-order valence-electron chi connectivity index (χ1n) is 12.0. The first kappa shape index (κ1) is 22.7. The van der Waals surface area contributed by atoms with E-state index < -0.39 is 6.04 Å². The highest BCUT2D eigenvalue weighted by Gasteiger charge is 2.28. The molecule has 1 aliphatic rings. The number of fused-ring (bicyclic) bond motifs is 1. The van der Waals surface area contributed by atoms with Crippen LogP contribution in [0, 0.1) is 0 Å². The molecule has 0 unspecified atom stereocenters. The standard InChI is InChI=1S/C28H28N4O3/c33-26(19-24(20-9-3-1-4-10-20)29-27(34)21-11-5-2-6-12-21)31-17-15-22(16-18-31)32-25-14-8-7-13-23(25)30-28(32)35/h1-14,22,24H,15-19H2,(H,29,34)(H,30,35)/t24-/m1/s1. The highest BCUT2D eigenvalue weighted by molar-refractivity contribution is 5.94. The monoisotopic (exact) mass is 468 g/mol. The number of likely N-dealkylation sites (tertiary alicyclic amines) is 1. The summed E-state index contributed by atoms with van der Waals surface area (Å²) in [7, 11) is 0. The molecule has 178 valence electrons. The van der Waals surface area contributed by atoms with Gasteiger partial charge in [0.15, 0.2) is 0 Å². The van der Waals surface area contributed by atoms with Gasteiger partial charge in [-0.1, -0.05) is 60.7 Å². The van der Waals surface area contributed by atoms with Gasteiger partial charge in [0.05, 0.1) is 23.5 Å². The third kappa shape index (κ3) is 4.89. The van der Waals surface area contributed by atoms with Crippen LogP contribution in [0.4, 0.5) is 0 Å². The summed E-state index contributed by atoms with van der Waals surface area (Å²) in [4.78, 5) is 43.4. The van der Waals surface area contributed by atoms with Crippen LogP contribution in [0.5, 0.6) is 0 Å². The number of piperidine rings is 1. The van der Waals surface area contributed by atoms with Gasteiger partial charge in [0.25, 0.3) is 5.91 Å². The first-order valence-corrected chi connectivity index (χ1v) is 12.0. The van der Waals surface area contributed by atoms with E-state index in [-0.39, 0.29) is 30.0 Å². The number of aromatic amines is 1. The number of H-pyrrole nitrogens is 1. The van der Waals surface area contributed by atoms with E-state index in [1.54, 1.807) is 12.1 Å². The molecule has 0 aliphatic carbocycles. The Morgan fingerprint density at radius 1 is 0.886 bits per heavy atom. The second kappa shape index (κ2) is 10.0. The molecule has 0 radical (unpaired) electrons. The van der Waals surface area contributed by atoms with E-state index in [9.17, 15) is 14.4 Å². The maximum absolute atomic E-state index is 13.3. The summed E-state index contributed by atoms with van der Waals surface area (Å²) < 4.78 is 1.82. The molecule has 1 saturated heterocycles. The second-order valence-electron chi connectivity index (χ2n) is 8.94. The summed E-state index contributed by atoms with van der Waals surface area (Å²) in [5, 5.41) is 3.04. The van der Waals surface area contributed by atoms with E-state index in [0.717, 1.165) is 16.6 Å². The molecule has 2 heterocycles. The molecule has 0 saturated carbocycles. The lowest BCUT2D eigenvalue weighted by Gasteiger charge is -2.33. The number of para-hydroxylation sites is 2. The maximum atomic E-state index is 13.3. The Morgan fingerprint density at radius 2 is 1.51 bits per heavy atom. The highest BCUT2D eigenvalue weighted by Crippen LogP contribution is 2.26. The van der Waals surface area contributed by atoms with Crippen LogP contribution in [0.3, 0.4) is 0 Å². The van der Waals surface area contributed by atoms with Crippen LogP contribution in [0.1, 0.15) is 47.3 Å². The molecule has 4 aromatic rings. The Labute approximate surface area is 203 Å². The highest BCUT2D eigenvalue weighted by atomic mass is 16.2. The number of imidazole rings is 1. The van der Waals surface area contributed by atoms with Crippen molar-refractivity contribution in [3.05, 3.63) is 107 Å². The lowest BCUT2D eigenvalue weighted by Crippen LogP contribution is -2.42. The fourth-order valence-corrected chi connectivity index (χ4v) is 4.88. The van der Waals surface area contributed by atoms with Crippen molar-refractivity contribution in [2.75, 3.05) is 13.1 Å². The summed E-state index contributed by atoms with van der Waals surface area (Å²) in [6.45, 7) is 1.15. The van der Waals surface area contributed by atoms with Gasteiger partial charge in [-0.05, 0) is 42.7 Å². The Balaban J connectivity index is 1.27. The zero-order valence-electron chi connectivity index (χ0n) is 19.4. The summed E-state index contributed by atoms with van der Waals surface area (Å²) in [6, 6.07) is 25.9. The summed E-state index contributed by atoms with van der Waals surface area (Å²) in [5.41, 5.74) is 3.07. The Hall–Kier alpha value is -4.13. The third-order valence-corrected chi connectivity index (χ3v) is 6.73. The van der Waals surface area contributed by atoms with Crippen molar-refractivity contribution in [2.24, 2.45) is 0 Å². The van der Waals surface area contributed by atoms with Crippen LogP contribution in [-0.2, 0) is 4.79 Å². The number of benzene rings is 3. The molecule has 1 fully saturated rings. The number of rotatable bonds is 6. The summed E-state index contributed by atoms with van der Waals surface area (Å²) >= 11 is 0. The predicted octanol–water partition coefficient (Wildman–Crippen LogP) is 4.05. The lowest BCUT2D eigenvalue weighted by molar-refractivity contribution is -0.133. The number of nitrogens with one attached hydrogen (secondary N) is 2. The van der Waals surface area contributed by atoms with Gasteiger partial charge in [0.2, 0.25) is 5.91 Å². The van der Waals surface area contributed by atoms with Gasteiger partial charge in [-0.3, -0.25) is 14.2 Å². The molecule has 1 aromatic heterocycles. The number of nitrogens with zero attached hydrogens (tertiary/aromatic N) is 2. The van der Waals surface area contributed by atoms with Crippen molar-refractivity contribution in [1.29, 1.82) is 0 Å². The molecular weight excluding hydrogens is 440 g/mol. The van der Waals surface area contributed by atoms with E-state index in [2.05, 4.69) is 10.3 Å². The van der Waals surface area contributed by atoms with Crippen molar-refractivity contribution in [3.8, 4) is 0 Å². The van der Waals surface area contributed by atoms with Crippen LogP contribution < -0.4 is 11.0 Å². The van der Waals surface area contributed by atoms with Crippen LogP contribution in [0.2, 0.25) is 0 Å². The quantitative estimate of drug-likeness (QED) is 0.448. The zero-order chi connectivity index (χ0) is 24.2. The Morgan fingerprint density at radius 3 is 2.23 bits per heavy atom. The van der Waals surface area contributed by atoms with Crippen molar-refractivity contribution in [1.82, 2.24) is 19.8 Å². The molecule has 35 heavy (non-hydrogen) atoms. The normalized spacial score (nSPS) is 15.1. The topological polar surface area (TPSA) is 87.2 Å². The SMILES string of the molecule is O=C(N[C@H](CC(=O)N1CCC(n2c(=O)[nH]c3ccccc32)CC1)c1ccccc1)c1ccccc1. The zero-order valence-corrected chi connectivity index (χ0v) is 19.4. The first-order chi connectivity index (χ1) is 17.1. The average Bonchev–Trinajstić information content (AvgIpc) is 3.25. The maximum Gasteiger partial charge on any atom is 0.326 e.